The summed E-state index contributed by atoms with van der Waals surface area (Å²) in [5.74, 6) is 0. The lowest BCUT2D eigenvalue weighted by molar-refractivity contribution is 0.226. The summed E-state index contributed by atoms with van der Waals surface area (Å²) in [6, 6.07) is 4.87. The van der Waals surface area contributed by atoms with Crippen molar-refractivity contribution in [2.45, 2.75) is 43.5 Å². The Morgan fingerprint density at radius 1 is 1.35 bits per heavy atom. The van der Waals surface area contributed by atoms with Crippen molar-refractivity contribution in [3.63, 3.8) is 0 Å². The summed E-state index contributed by atoms with van der Waals surface area (Å²) in [6.07, 6.45) is 3.80. The lowest BCUT2D eigenvalue weighted by atomic mass is 10.2. The van der Waals surface area contributed by atoms with Crippen molar-refractivity contribution in [1.82, 2.24) is 4.31 Å². The number of nitrogens with zero attached hydrogens (tertiary/aromatic N) is 1. The van der Waals surface area contributed by atoms with Crippen LogP contribution < -0.4 is 0 Å². The van der Waals surface area contributed by atoms with Gasteiger partial charge in [-0.1, -0.05) is 30.5 Å². The topological polar surface area (TPSA) is 57.6 Å². The van der Waals surface area contributed by atoms with Crippen molar-refractivity contribution < 1.29 is 13.5 Å². The third-order valence-corrected chi connectivity index (χ3v) is 6.12. The molecule has 0 bridgehead atoms. The lowest BCUT2D eigenvalue weighted by Gasteiger charge is -2.28. The number of rotatable bonds is 5. The fraction of sp³-hybridized carbons (Fsp3) is 0.571. The Morgan fingerprint density at radius 3 is 2.60 bits per heavy atom. The van der Waals surface area contributed by atoms with E-state index in [9.17, 15) is 13.5 Å². The molecular weight excluding hydrogens is 298 g/mol. The quantitative estimate of drug-likeness (QED) is 0.908. The summed E-state index contributed by atoms with van der Waals surface area (Å²) in [6.45, 7) is 1.73. The van der Waals surface area contributed by atoms with Gasteiger partial charge in [0, 0.05) is 17.6 Å². The predicted molar refractivity (Wildman–Crippen MR) is 79.4 cm³/mol. The van der Waals surface area contributed by atoms with Crippen LogP contribution >= 0.6 is 11.6 Å². The molecule has 112 valence electrons. The molecule has 1 saturated carbocycles. The van der Waals surface area contributed by atoms with E-state index in [1.165, 1.54) is 10.4 Å². The number of hydrogen-bond donors (Lipinski definition) is 1. The first-order valence-corrected chi connectivity index (χ1v) is 8.67. The van der Waals surface area contributed by atoms with Crippen LogP contribution in [0.2, 0.25) is 5.02 Å². The summed E-state index contributed by atoms with van der Waals surface area (Å²) in [5.41, 5.74) is 0.676. The van der Waals surface area contributed by atoms with E-state index in [0.29, 0.717) is 10.6 Å². The van der Waals surface area contributed by atoms with Crippen molar-refractivity contribution >= 4 is 21.6 Å². The highest BCUT2D eigenvalue weighted by atomic mass is 35.5. The first-order chi connectivity index (χ1) is 9.46. The minimum Gasteiger partial charge on any atom is -0.395 e. The van der Waals surface area contributed by atoms with Crippen LogP contribution in [0.25, 0.3) is 0 Å². The number of aliphatic hydroxyl groups excluding tert-OH is 1. The molecule has 0 heterocycles. The highest BCUT2D eigenvalue weighted by Crippen LogP contribution is 2.30. The lowest BCUT2D eigenvalue weighted by Crippen LogP contribution is -2.40. The summed E-state index contributed by atoms with van der Waals surface area (Å²) < 4.78 is 27.1. The maximum absolute atomic E-state index is 12.8. The third kappa shape index (κ3) is 3.17. The minimum absolute atomic E-state index is 0.00877. The Kier molecular flexibility index (Phi) is 5.07. The van der Waals surface area contributed by atoms with Gasteiger partial charge in [0.15, 0.2) is 0 Å². The molecule has 1 N–H and O–H groups in total. The molecule has 0 amide bonds. The fourth-order valence-electron chi connectivity index (χ4n) is 2.77. The maximum Gasteiger partial charge on any atom is 0.243 e. The van der Waals surface area contributed by atoms with Crippen LogP contribution in [0.5, 0.6) is 0 Å². The molecule has 0 saturated heterocycles. The monoisotopic (exact) mass is 317 g/mol. The van der Waals surface area contributed by atoms with Gasteiger partial charge in [0.1, 0.15) is 0 Å². The standard InChI is InChI=1S/C14H20ClNO3S/c1-11-6-7-12(15)10-14(11)20(18,19)16(8-9-17)13-4-2-3-5-13/h6-7,10,13,17H,2-5,8-9H2,1H3. The molecule has 1 aliphatic rings. The minimum atomic E-state index is -3.61. The molecular formula is C14H20ClNO3S. The first-order valence-electron chi connectivity index (χ1n) is 6.85. The van der Waals surface area contributed by atoms with Crippen molar-refractivity contribution in [1.29, 1.82) is 0 Å². The van der Waals surface area contributed by atoms with Crippen molar-refractivity contribution in [2.75, 3.05) is 13.2 Å². The van der Waals surface area contributed by atoms with Crippen LogP contribution in [0.4, 0.5) is 0 Å². The van der Waals surface area contributed by atoms with Gasteiger partial charge < -0.3 is 5.11 Å². The zero-order valence-electron chi connectivity index (χ0n) is 11.5. The predicted octanol–water partition coefficient (Wildman–Crippen LogP) is 2.57. The van der Waals surface area contributed by atoms with Gasteiger partial charge in [0.25, 0.3) is 0 Å². The largest absolute Gasteiger partial charge is 0.395 e. The van der Waals surface area contributed by atoms with Crippen LogP contribution in [0.1, 0.15) is 31.2 Å². The van der Waals surface area contributed by atoms with Crippen LogP contribution in [-0.4, -0.2) is 37.0 Å². The molecule has 0 radical (unpaired) electrons. The zero-order chi connectivity index (χ0) is 14.8. The van der Waals surface area contributed by atoms with Crippen molar-refractivity contribution in [3.05, 3.63) is 28.8 Å². The van der Waals surface area contributed by atoms with E-state index in [4.69, 9.17) is 11.6 Å². The van der Waals surface area contributed by atoms with E-state index >= 15 is 0 Å². The van der Waals surface area contributed by atoms with E-state index in [1.54, 1.807) is 19.1 Å². The molecule has 0 unspecified atom stereocenters. The van der Waals surface area contributed by atoms with Gasteiger partial charge in [0.2, 0.25) is 10.0 Å². The molecule has 0 spiro atoms. The number of hydrogen-bond acceptors (Lipinski definition) is 3. The van der Waals surface area contributed by atoms with Gasteiger partial charge in [-0.3, -0.25) is 0 Å². The van der Waals surface area contributed by atoms with Crippen molar-refractivity contribution in [2.24, 2.45) is 0 Å². The average molecular weight is 318 g/mol. The maximum atomic E-state index is 12.8. The molecule has 4 nitrogen and oxygen atoms in total. The Balaban J connectivity index is 2.41. The Hall–Kier alpha value is -0.620. The summed E-state index contributed by atoms with van der Waals surface area (Å²) >= 11 is 5.93. The molecule has 1 aromatic carbocycles. The fourth-order valence-corrected chi connectivity index (χ4v) is 4.93. The van der Waals surface area contributed by atoms with Gasteiger partial charge in [-0.15, -0.1) is 0 Å². The number of benzene rings is 1. The molecule has 1 aliphatic carbocycles. The molecule has 1 aromatic rings. The second-order valence-electron chi connectivity index (χ2n) is 5.19. The second-order valence-corrected chi connectivity index (χ2v) is 7.48. The van der Waals surface area contributed by atoms with E-state index in [2.05, 4.69) is 0 Å². The average Bonchev–Trinajstić information content (AvgIpc) is 2.92. The van der Waals surface area contributed by atoms with Gasteiger partial charge >= 0.3 is 0 Å². The van der Waals surface area contributed by atoms with E-state index < -0.39 is 10.0 Å². The molecule has 0 aromatic heterocycles. The zero-order valence-corrected chi connectivity index (χ0v) is 13.1. The Morgan fingerprint density at radius 2 is 2.00 bits per heavy atom. The van der Waals surface area contributed by atoms with Crippen LogP contribution in [0, 0.1) is 6.92 Å². The van der Waals surface area contributed by atoms with E-state index in [1.807, 2.05) is 0 Å². The number of aryl methyl sites for hydroxylation is 1. The molecule has 20 heavy (non-hydrogen) atoms. The first kappa shape index (κ1) is 15.8. The SMILES string of the molecule is Cc1ccc(Cl)cc1S(=O)(=O)N(CCO)C1CCCC1. The second kappa shape index (κ2) is 6.43. The molecule has 2 rings (SSSR count). The van der Waals surface area contributed by atoms with Gasteiger partial charge in [-0.05, 0) is 37.5 Å². The van der Waals surface area contributed by atoms with Crippen LogP contribution in [0.3, 0.4) is 0 Å². The summed E-state index contributed by atoms with van der Waals surface area (Å²) in [7, 11) is -3.61. The number of halogens is 1. The Bertz CT molecular complexity index is 568. The smallest absolute Gasteiger partial charge is 0.243 e. The highest BCUT2D eigenvalue weighted by Gasteiger charge is 2.33. The summed E-state index contributed by atoms with van der Waals surface area (Å²) in [4.78, 5) is 0.241. The highest BCUT2D eigenvalue weighted by molar-refractivity contribution is 7.89. The van der Waals surface area contributed by atoms with E-state index in [-0.39, 0.29) is 24.1 Å². The summed E-state index contributed by atoms with van der Waals surface area (Å²) in [5, 5.41) is 9.61. The molecule has 6 heteroatoms. The van der Waals surface area contributed by atoms with Gasteiger partial charge in [0.05, 0.1) is 11.5 Å². The van der Waals surface area contributed by atoms with Crippen LogP contribution in [0.15, 0.2) is 23.1 Å². The van der Waals surface area contributed by atoms with Gasteiger partial charge in [-0.2, -0.15) is 4.31 Å². The molecule has 0 atom stereocenters. The van der Waals surface area contributed by atoms with Crippen molar-refractivity contribution in [3.8, 4) is 0 Å². The van der Waals surface area contributed by atoms with Crippen LogP contribution in [-0.2, 0) is 10.0 Å². The molecule has 1 fully saturated rings. The number of sulfonamides is 1. The van der Waals surface area contributed by atoms with Gasteiger partial charge in [-0.25, -0.2) is 8.42 Å². The Labute approximate surface area is 125 Å². The normalized spacial score (nSPS) is 17.0. The third-order valence-electron chi connectivity index (χ3n) is 3.79. The number of aliphatic hydroxyl groups is 1. The van der Waals surface area contributed by atoms with E-state index in [0.717, 1.165) is 25.7 Å². The molecule has 0 aliphatic heterocycles.